The molecule has 1 aromatic heterocycles. The smallest absolute Gasteiger partial charge is 0.385 e. The van der Waals surface area contributed by atoms with Gasteiger partial charge in [0.2, 0.25) is 17.2 Å². The fraction of sp³-hybridized carbons (Fsp3) is 0.318. The monoisotopic (exact) mass is 414 g/mol. The summed E-state index contributed by atoms with van der Waals surface area (Å²) in [6.07, 6.45) is 0. The second-order valence-electron chi connectivity index (χ2n) is 6.71. The molecule has 0 saturated heterocycles. The van der Waals surface area contributed by atoms with Crippen LogP contribution in [0, 0.1) is 13.8 Å². The van der Waals surface area contributed by atoms with Crippen molar-refractivity contribution in [2.45, 2.75) is 34.2 Å². The lowest BCUT2D eigenvalue weighted by Crippen LogP contribution is -2.16. The number of aryl methyl sites for hydroxylation is 2. The minimum atomic E-state index is -3.61. The Kier molecular flexibility index (Phi) is 6.91. The number of nitrogens with zero attached hydrogens (tertiary/aromatic N) is 1. The van der Waals surface area contributed by atoms with E-state index in [4.69, 9.17) is 13.5 Å². The summed E-state index contributed by atoms with van der Waals surface area (Å²) in [5.74, 6) is 0.664. The molecule has 0 atom stereocenters. The second kappa shape index (κ2) is 9.40. The van der Waals surface area contributed by atoms with Gasteiger partial charge >= 0.3 is 7.60 Å². The molecule has 0 spiro atoms. The number of hydrogen-bond donors (Lipinski definition) is 1. The molecule has 0 radical (unpaired) electrons. The van der Waals surface area contributed by atoms with Crippen LogP contribution in [-0.2, 0) is 20.2 Å². The van der Waals surface area contributed by atoms with Crippen LogP contribution in [-0.4, -0.2) is 18.2 Å². The zero-order valence-electron chi connectivity index (χ0n) is 17.3. The van der Waals surface area contributed by atoms with Crippen LogP contribution < -0.4 is 10.8 Å². The van der Waals surface area contributed by atoms with Crippen LogP contribution in [0.1, 0.15) is 30.5 Å². The maximum absolute atomic E-state index is 13.4. The van der Waals surface area contributed by atoms with Gasteiger partial charge in [0.15, 0.2) is 0 Å². The molecule has 0 saturated carbocycles. The van der Waals surface area contributed by atoms with E-state index in [1.165, 1.54) is 5.56 Å². The summed E-state index contributed by atoms with van der Waals surface area (Å²) in [5.41, 5.74) is 4.35. The Balaban J connectivity index is 1.97. The molecule has 0 aliphatic carbocycles. The zero-order chi connectivity index (χ0) is 20.9. The lowest BCUT2D eigenvalue weighted by Gasteiger charge is -2.15. The fourth-order valence-electron chi connectivity index (χ4n) is 2.82. The lowest BCUT2D eigenvalue weighted by molar-refractivity contribution is 0.229. The average molecular weight is 414 g/mol. The van der Waals surface area contributed by atoms with Crippen molar-refractivity contribution in [3.8, 4) is 11.5 Å². The summed E-state index contributed by atoms with van der Waals surface area (Å²) in [5, 5.41) is 3.21. The van der Waals surface area contributed by atoms with Gasteiger partial charge in [-0.05, 0) is 45.4 Å². The Labute approximate surface area is 171 Å². The molecule has 0 bridgehead atoms. The minimum absolute atomic E-state index is 0.170. The van der Waals surface area contributed by atoms with Crippen LogP contribution in [0.15, 0.2) is 52.9 Å². The standard InChI is InChI=1S/C22H27N2O4P/c1-5-26-29(25,27-6-2)22-21(23-15-18-11-7-16(3)8-12-18)28-20(24-22)19-13-9-17(4)10-14-19/h7-14,23H,5-6,15H2,1-4H3. The first-order valence-corrected chi connectivity index (χ1v) is 11.3. The first kappa shape index (κ1) is 21.3. The van der Waals surface area contributed by atoms with Crippen LogP contribution in [0.5, 0.6) is 0 Å². The third-order valence-corrected chi connectivity index (χ3v) is 6.36. The van der Waals surface area contributed by atoms with Crippen molar-refractivity contribution in [2.75, 3.05) is 18.5 Å². The van der Waals surface area contributed by atoms with E-state index in [-0.39, 0.29) is 18.6 Å². The molecule has 154 valence electrons. The van der Waals surface area contributed by atoms with Gasteiger partial charge in [-0.3, -0.25) is 4.57 Å². The SMILES string of the molecule is CCOP(=O)(OCC)c1nc(-c2ccc(C)cc2)oc1NCc1ccc(C)cc1. The second-order valence-corrected chi connectivity index (χ2v) is 8.64. The molecule has 3 aromatic rings. The van der Waals surface area contributed by atoms with Crippen molar-refractivity contribution in [1.29, 1.82) is 0 Å². The normalized spacial score (nSPS) is 11.6. The molecule has 2 aromatic carbocycles. The van der Waals surface area contributed by atoms with Gasteiger partial charge in [-0.25, -0.2) is 0 Å². The number of aromatic nitrogens is 1. The number of nitrogens with one attached hydrogen (secondary N) is 1. The molecule has 1 N–H and O–H groups in total. The summed E-state index contributed by atoms with van der Waals surface area (Å²) in [6.45, 7) is 8.56. The van der Waals surface area contributed by atoms with E-state index in [9.17, 15) is 4.57 Å². The van der Waals surface area contributed by atoms with Crippen molar-refractivity contribution in [3.63, 3.8) is 0 Å². The molecule has 6 nitrogen and oxygen atoms in total. The van der Waals surface area contributed by atoms with Crippen molar-refractivity contribution in [3.05, 3.63) is 65.2 Å². The van der Waals surface area contributed by atoms with Crippen LogP contribution in [0.4, 0.5) is 5.88 Å². The predicted molar refractivity (Wildman–Crippen MR) is 116 cm³/mol. The highest BCUT2D eigenvalue weighted by Crippen LogP contribution is 2.49. The Morgan fingerprint density at radius 1 is 0.931 bits per heavy atom. The van der Waals surface area contributed by atoms with Crippen LogP contribution >= 0.6 is 7.60 Å². The zero-order valence-corrected chi connectivity index (χ0v) is 18.2. The van der Waals surface area contributed by atoms with E-state index in [1.54, 1.807) is 13.8 Å². The highest BCUT2D eigenvalue weighted by atomic mass is 31.2. The van der Waals surface area contributed by atoms with Gasteiger partial charge in [-0.1, -0.05) is 47.5 Å². The molecule has 0 fully saturated rings. The average Bonchev–Trinajstić information content (AvgIpc) is 3.14. The number of benzene rings is 2. The van der Waals surface area contributed by atoms with Gasteiger partial charge in [-0.15, -0.1) is 0 Å². The number of rotatable bonds is 9. The van der Waals surface area contributed by atoms with Crippen molar-refractivity contribution in [2.24, 2.45) is 0 Å². The molecule has 0 aliphatic heterocycles. The van der Waals surface area contributed by atoms with Crippen molar-refractivity contribution < 1.29 is 18.0 Å². The Bertz CT molecular complexity index is 971. The topological polar surface area (TPSA) is 73.6 Å². The van der Waals surface area contributed by atoms with Gasteiger partial charge < -0.3 is 18.8 Å². The first-order chi connectivity index (χ1) is 13.9. The van der Waals surface area contributed by atoms with Crippen LogP contribution in [0.3, 0.4) is 0 Å². The van der Waals surface area contributed by atoms with E-state index in [2.05, 4.69) is 10.3 Å². The maximum Gasteiger partial charge on any atom is 0.385 e. The molecule has 3 rings (SSSR count). The van der Waals surface area contributed by atoms with E-state index < -0.39 is 7.60 Å². The molecule has 0 unspecified atom stereocenters. The van der Waals surface area contributed by atoms with E-state index >= 15 is 0 Å². The molecular formula is C22H27N2O4P. The summed E-state index contributed by atoms with van der Waals surface area (Å²) in [4.78, 5) is 4.50. The van der Waals surface area contributed by atoms with Gasteiger partial charge in [0.05, 0.1) is 13.2 Å². The molecule has 7 heteroatoms. The van der Waals surface area contributed by atoms with Gasteiger partial charge in [0, 0.05) is 12.1 Å². The molecular weight excluding hydrogens is 387 g/mol. The quantitative estimate of drug-likeness (QED) is 0.469. The summed E-state index contributed by atoms with van der Waals surface area (Å²) >= 11 is 0. The highest BCUT2D eigenvalue weighted by Gasteiger charge is 2.35. The van der Waals surface area contributed by atoms with Gasteiger partial charge in [-0.2, -0.15) is 4.98 Å². The largest absolute Gasteiger partial charge is 0.420 e. The number of anilines is 1. The maximum atomic E-state index is 13.4. The Hall–Kier alpha value is -2.40. The van der Waals surface area contributed by atoms with Crippen LogP contribution in [0.2, 0.25) is 0 Å². The van der Waals surface area contributed by atoms with Crippen molar-refractivity contribution >= 4 is 18.9 Å². The first-order valence-electron chi connectivity index (χ1n) is 9.72. The molecule has 0 amide bonds. The third-order valence-electron chi connectivity index (χ3n) is 4.34. The van der Waals surface area contributed by atoms with Crippen molar-refractivity contribution in [1.82, 2.24) is 4.98 Å². The number of oxazole rings is 1. The van der Waals surface area contributed by atoms with Gasteiger partial charge in [0.1, 0.15) is 0 Å². The van der Waals surface area contributed by atoms with E-state index in [0.717, 1.165) is 16.7 Å². The van der Waals surface area contributed by atoms with Gasteiger partial charge in [0.25, 0.3) is 0 Å². The fourth-order valence-corrected chi connectivity index (χ4v) is 4.41. The summed E-state index contributed by atoms with van der Waals surface area (Å²) in [7, 11) is -3.61. The summed E-state index contributed by atoms with van der Waals surface area (Å²) in [6, 6.07) is 15.9. The minimum Gasteiger partial charge on any atom is -0.420 e. The molecule has 1 heterocycles. The van der Waals surface area contributed by atoms with E-state index in [1.807, 2.05) is 62.4 Å². The van der Waals surface area contributed by atoms with Crippen LogP contribution in [0.25, 0.3) is 11.5 Å². The highest BCUT2D eigenvalue weighted by molar-refractivity contribution is 7.62. The van der Waals surface area contributed by atoms with E-state index in [0.29, 0.717) is 18.3 Å². The Morgan fingerprint density at radius 2 is 1.48 bits per heavy atom. The summed E-state index contributed by atoms with van der Waals surface area (Å²) < 4.78 is 30.4. The molecule has 0 aliphatic rings. The predicted octanol–water partition coefficient (Wildman–Crippen LogP) is 5.46. The third kappa shape index (κ3) is 5.15. The lowest BCUT2D eigenvalue weighted by atomic mass is 10.1. The number of hydrogen-bond acceptors (Lipinski definition) is 6. The molecule has 29 heavy (non-hydrogen) atoms. The Morgan fingerprint density at radius 3 is 2.03 bits per heavy atom.